The smallest absolute Gasteiger partial charge is 0.243 e. The van der Waals surface area contributed by atoms with Crippen molar-refractivity contribution in [3.63, 3.8) is 0 Å². The van der Waals surface area contributed by atoms with Crippen LogP contribution in [0.15, 0.2) is 53.4 Å². The number of ether oxygens (including phenoxy) is 2. The van der Waals surface area contributed by atoms with Crippen molar-refractivity contribution in [2.45, 2.75) is 17.7 Å². The first-order chi connectivity index (χ1) is 14.0. The minimum atomic E-state index is -3.64. The Balaban J connectivity index is 1.35. The first-order valence-corrected chi connectivity index (χ1v) is 11.2. The van der Waals surface area contributed by atoms with E-state index < -0.39 is 10.0 Å². The second-order valence-electron chi connectivity index (χ2n) is 7.08. The number of carbonyl (C=O) groups is 1. The molecule has 0 radical (unpaired) electrons. The number of benzene rings is 2. The quantitative estimate of drug-likeness (QED) is 0.744. The van der Waals surface area contributed by atoms with E-state index in [1.807, 2.05) is 30.3 Å². The Morgan fingerprint density at radius 1 is 0.897 bits per heavy atom. The maximum absolute atomic E-state index is 13.0. The van der Waals surface area contributed by atoms with E-state index in [1.165, 1.54) is 10.4 Å². The molecule has 29 heavy (non-hydrogen) atoms. The summed E-state index contributed by atoms with van der Waals surface area (Å²) in [7, 11) is -3.64. The van der Waals surface area contributed by atoms with Crippen molar-refractivity contribution in [2.24, 2.45) is 0 Å². The predicted octanol–water partition coefficient (Wildman–Crippen LogP) is 1.92. The first-order valence-electron chi connectivity index (χ1n) is 9.75. The maximum Gasteiger partial charge on any atom is 0.243 e. The normalized spacial score (nSPS) is 17.2. The molecule has 0 unspecified atom stereocenters. The van der Waals surface area contributed by atoms with Crippen molar-refractivity contribution in [3.8, 4) is 11.5 Å². The summed E-state index contributed by atoms with van der Waals surface area (Å²) in [6.45, 7) is 2.23. The van der Waals surface area contributed by atoms with Crippen LogP contribution in [0.2, 0.25) is 0 Å². The third-order valence-corrected chi connectivity index (χ3v) is 7.11. The van der Waals surface area contributed by atoms with Gasteiger partial charge in [-0.25, -0.2) is 8.42 Å². The van der Waals surface area contributed by atoms with Crippen LogP contribution in [0.5, 0.6) is 11.5 Å². The van der Waals surface area contributed by atoms with Gasteiger partial charge in [-0.2, -0.15) is 4.31 Å². The van der Waals surface area contributed by atoms with Crippen LogP contribution < -0.4 is 9.47 Å². The van der Waals surface area contributed by atoms with Gasteiger partial charge in [0.05, 0.1) is 4.90 Å². The summed E-state index contributed by atoms with van der Waals surface area (Å²) in [5, 5.41) is 0. The van der Waals surface area contributed by atoms with Gasteiger partial charge in [0, 0.05) is 38.7 Å². The summed E-state index contributed by atoms with van der Waals surface area (Å²) >= 11 is 0. The van der Waals surface area contributed by atoms with E-state index in [4.69, 9.17) is 9.47 Å². The van der Waals surface area contributed by atoms with E-state index in [1.54, 1.807) is 17.0 Å². The number of sulfonamides is 1. The average molecular weight is 416 g/mol. The van der Waals surface area contributed by atoms with Gasteiger partial charge in [0.15, 0.2) is 11.5 Å². The molecular weight excluding hydrogens is 392 g/mol. The molecule has 0 saturated carbocycles. The Kier molecular flexibility index (Phi) is 5.73. The van der Waals surface area contributed by atoms with Crippen LogP contribution in [0, 0.1) is 0 Å². The van der Waals surface area contributed by atoms with E-state index in [0.717, 1.165) is 5.56 Å². The van der Waals surface area contributed by atoms with Crippen molar-refractivity contribution in [3.05, 3.63) is 54.1 Å². The number of nitrogens with zero attached hydrogens (tertiary/aromatic N) is 2. The molecule has 1 fully saturated rings. The van der Waals surface area contributed by atoms with Gasteiger partial charge in [-0.1, -0.05) is 30.3 Å². The molecule has 0 bridgehead atoms. The van der Waals surface area contributed by atoms with Crippen LogP contribution in [-0.4, -0.2) is 62.9 Å². The third kappa shape index (κ3) is 4.38. The summed E-state index contributed by atoms with van der Waals surface area (Å²) in [6.07, 6.45) is 1.12. The van der Waals surface area contributed by atoms with Gasteiger partial charge in [0.25, 0.3) is 0 Å². The van der Waals surface area contributed by atoms with Crippen LogP contribution in [-0.2, 0) is 21.2 Å². The number of carbonyl (C=O) groups excluding carboxylic acids is 1. The van der Waals surface area contributed by atoms with Crippen LogP contribution in [0.4, 0.5) is 0 Å². The minimum absolute atomic E-state index is 0.0604. The molecule has 2 aliphatic rings. The molecule has 0 atom stereocenters. The third-order valence-electron chi connectivity index (χ3n) is 5.21. The molecular formula is C21H24N2O5S. The van der Waals surface area contributed by atoms with Gasteiger partial charge >= 0.3 is 0 Å². The molecule has 0 aromatic heterocycles. The molecule has 2 aromatic carbocycles. The number of amides is 1. The lowest BCUT2D eigenvalue weighted by Crippen LogP contribution is -2.50. The van der Waals surface area contributed by atoms with Crippen molar-refractivity contribution in [1.82, 2.24) is 9.21 Å². The van der Waals surface area contributed by atoms with Gasteiger partial charge < -0.3 is 14.4 Å². The SMILES string of the molecule is O=C(CCc1ccccc1)N1CCN(S(=O)(=O)c2ccc3c(c2)OCCO3)CC1. The fourth-order valence-corrected chi connectivity index (χ4v) is 5.00. The van der Waals surface area contributed by atoms with E-state index >= 15 is 0 Å². The number of hydrogen-bond acceptors (Lipinski definition) is 5. The van der Waals surface area contributed by atoms with Crippen molar-refractivity contribution in [1.29, 1.82) is 0 Å². The Labute approximate surface area is 170 Å². The zero-order valence-electron chi connectivity index (χ0n) is 16.1. The van der Waals surface area contributed by atoms with Gasteiger partial charge in [-0.15, -0.1) is 0 Å². The fraction of sp³-hybridized carbons (Fsp3) is 0.381. The number of aryl methyl sites for hydroxylation is 1. The largest absolute Gasteiger partial charge is 0.486 e. The van der Waals surface area contributed by atoms with Crippen LogP contribution in [0.3, 0.4) is 0 Å². The average Bonchev–Trinajstić information content (AvgIpc) is 2.78. The molecule has 2 aliphatic heterocycles. The lowest BCUT2D eigenvalue weighted by molar-refractivity contribution is -0.132. The molecule has 0 spiro atoms. The van der Waals surface area contributed by atoms with Crippen LogP contribution >= 0.6 is 0 Å². The van der Waals surface area contributed by atoms with Crippen molar-refractivity contribution in [2.75, 3.05) is 39.4 Å². The number of hydrogen-bond donors (Lipinski definition) is 0. The fourth-order valence-electron chi connectivity index (χ4n) is 3.57. The van der Waals surface area contributed by atoms with Gasteiger partial charge in [0.1, 0.15) is 13.2 Å². The second kappa shape index (κ2) is 8.42. The van der Waals surface area contributed by atoms with Gasteiger partial charge in [0.2, 0.25) is 15.9 Å². The molecule has 154 valence electrons. The molecule has 0 aliphatic carbocycles. The van der Waals surface area contributed by atoms with Crippen LogP contribution in [0.1, 0.15) is 12.0 Å². The van der Waals surface area contributed by atoms with Gasteiger partial charge in [-0.05, 0) is 24.1 Å². The molecule has 8 heteroatoms. The highest BCUT2D eigenvalue weighted by atomic mass is 32.2. The van der Waals surface area contributed by atoms with Crippen molar-refractivity contribution < 1.29 is 22.7 Å². The lowest BCUT2D eigenvalue weighted by atomic mass is 10.1. The summed E-state index contributed by atoms with van der Waals surface area (Å²) in [5.74, 6) is 1.07. The second-order valence-corrected chi connectivity index (χ2v) is 9.01. The molecule has 1 amide bonds. The number of piperazine rings is 1. The molecule has 2 aromatic rings. The van der Waals surface area contributed by atoms with E-state index in [2.05, 4.69) is 0 Å². The molecule has 0 N–H and O–H groups in total. The monoisotopic (exact) mass is 416 g/mol. The van der Waals surface area contributed by atoms with Crippen LogP contribution in [0.25, 0.3) is 0 Å². The van der Waals surface area contributed by atoms with E-state index in [0.29, 0.717) is 50.6 Å². The Morgan fingerprint density at radius 2 is 1.59 bits per heavy atom. The first kappa shape index (κ1) is 19.7. The summed E-state index contributed by atoms with van der Waals surface area (Å²) in [4.78, 5) is 14.4. The Bertz CT molecular complexity index is 970. The lowest BCUT2D eigenvalue weighted by Gasteiger charge is -2.34. The highest BCUT2D eigenvalue weighted by Gasteiger charge is 2.31. The highest BCUT2D eigenvalue weighted by molar-refractivity contribution is 7.89. The van der Waals surface area contributed by atoms with Gasteiger partial charge in [-0.3, -0.25) is 4.79 Å². The Morgan fingerprint density at radius 3 is 2.31 bits per heavy atom. The van der Waals surface area contributed by atoms with Crippen molar-refractivity contribution >= 4 is 15.9 Å². The predicted molar refractivity (Wildman–Crippen MR) is 108 cm³/mol. The zero-order valence-corrected chi connectivity index (χ0v) is 16.9. The summed E-state index contributed by atoms with van der Waals surface area (Å²) in [5.41, 5.74) is 1.13. The molecule has 7 nitrogen and oxygen atoms in total. The minimum Gasteiger partial charge on any atom is -0.486 e. The summed E-state index contributed by atoms with van der Waals surface area (Å²) in [6, 6.07) is 14.6. The summed E-state index contributed by atoms with van der Waals surface area (Å²) < 4.78 is 38.4. The van der Waals surface area contributed by atoms with E-state index in [9.17, 15) is 13.2 Å². The highest BCUT2D eigenvalue weighted by Crippen LogP contribution is 2.33. The topological polar surface area (TPSA) is 76.2 Å². The number of rotatable bonds is 5. The molecule has 1 saturated heterocycles. The zero-order chi connectivity index (χ0) is 20.3. The molecule has 4 rings (SSSR count). The molecule has 2 heterocycles. The number of fused-ring (bicyclic) bond motifs is 1. The Hall–Kier alpha value is -2.58. The maximum atomic E-state index is 13.0. The standard InChI is InChI=1S/C21H24N2O5S/c24-21(9-6-17-4-2-1-3-5-17)22-10-12-23(13-11-22)29(25,26)18-7-8-19-20(16-18)28-15-14-27-19/h1-5,7-8,16H,6,9-15H2. The van der Waals surface area contributed by atoms with E-state index in [-0.39, 0.29) is 23.9 Å².